The van der Waals surface area contributed by atoms with Crippen molar-refractivity contribution in [1.29, 1.82) is 0 Å². The molecule has 0 aliphatic rings. The Kier molecular flexibility index (Phi) is 5.26. The van der Waals surface area contributed by atoms with E-state index >= 15 is 0 Å². The predicted molar refractivity (Wildman–Crippen MR) is 86.6 cm³/mol. The number of nitrogens with one attached hydrogen (secondary N) is 2. The van der Waals surface area contributed by atoms with Crippen molar-refractivity contribution < 1.29 is 14.7 Å². The highest BCUT2D eigenvalue weighted by molar-refractivity contribution is 9.10. The summed E-state index contributed by atoms with van der Waals surface area (Å²) in [6.45, 7) is 0. The molecule has 2 amide bonds. The molecule has 0 aliphatic heterocycles. The molecular formula is C15H12BrN3O3. The summed E-state index contributed by atoms with van der Waals surface area (Å²) < 4.78 is 0.750. The highest BCUT2D eigenvalue weighted by atomic mass is 79.9. The zero-order valence-electron chi connectivity index (χ0n) is 11.3. The van der Waals surface area contributed by atoms with Gasteiger partial charge in [-0.25, -0.2) is 5.43 Å². The second-order valence-electron chi connectivity index (χ2n) is 4.22. The molecular weight excluding hydrogens is 350 g/mol. The van der Waals surface area contributed by atoms with Gasteiger partial charge in [0.05, 0.1) is 6.21 Å². The van der Waals surface area contributed by atoms with Crippen LogP contribution in [0, 0.1) is 0 Å². The van der Waals surface area contributed by atoms with Crippen LogP contribution in [0.25, 0.3) is 0 Å². The van der Waals surface area contributed by atoms with Gasteiger partial charge in [-0.2, -0.15) is 5.10 Å². The molecule has 0 saturated carbocycles. The number of anilines is 1. The molecule has 7 heteroatoms. The number of benzene rings is 2. The van der Waals surface area contributed by atoms with Gasteiger partial charge in [0.1, 0.15) is 5.75 Å². The summed E-state index contributed by atoms with van der Waals surface area (Å²) in [4.78, 5) is 23.2. The molecule has 0 fully saturated rings. The van der Waals surface area contributed by atoms with Gasteiger partial charge < -0.3 is 10.4 Å². The minimum Gasteiger partial charge on any atom is -0.507 e. The average Bonchev–Trinajstić information content (AvgIpc) is 2.51. The van der Waals surface area contributed by atoms with Crippen LogP contribution in [0.5, 0.6) is 5.75 Å². The number of hydrogen-bond acceptors (Lipinski definition) is 4. The Hall–Kier alpha value is -2.67. The van der Waals surface area contributed by atoms with Crippen LogP contribution in [0.4, 0.5) is 5.69 Å². The Morgan fingerprint density at radius 1 is 1.09 bits per heavy atom. The number of rotatable bonds is 3. The van der Waals surface area contributed by atoms with Crippen LogP contribution < -0.4 is 10.7 Å². The highest BCUT2D eigenvalue weighted by Crippen LogP contribution is 2.19. The lowest BCUT2D eigenvalue weighted by atomic mass is 10.2. The SMILES string of the molecule is O=C(N/N=C\c1cc(Br)ccc1O)C(=O)Nc1ccccc1. The molecule has 0 spiro atoms. The monoisotopic (exact) mass is 361 g/mol. The van der Waals surface area contributed by atoms with Gasteiger partial charge in [-0.15, -0.1) is 0 Å². The summed E-state index contributed by atoms with van der Waals surface area (Å²) in [5, 5.41) is 15.7. The second kappa shape index (κ2) is 7.37. The molecule has 0 heterocycles. The maximum Gasteiger partial charge on any atom is 0.329 e. The fourth-order valence-electron chi connectivity index (χ4n) is 1.55. The molecule has 22 heavy (non-hydrogen) atoms. The summed E-state index contributed by atoms with van der Waals surface area (Å²) >= 11 is 3.25. The highest BCUT2D eigenvalue weighted by Gasteiger charge is 2.12. The molecule has 3 N–H and O–H groups in total. The smallest absolute Gasteiger partial charge is 0.329 e. The molecule has 0 atom stereocenters. The fraction of sp³-hybridized carbons (Fsp3) is 0. The van der Waals surface area contributed by atoms with E-state index in [2.05, 4.69) is 31.8 Å². The molecule has 0 unspecified atom stereocenters. The molecule has 2 rings (SSSR count). The summed E-state index contributed by atoms with van der Waals surface area (Å²) in [5.41, 5.74) is 3.00. The maximum absolute atomic E-state index is 11.6. The largest absolute Gasteiger partial charge is 0.507 e. The third-order valence-electron chi connectivity index (χ3n) is 2.60. The van der Waals surface area contributed by atoms with Crippen molar-refractivity contribution in [3.63, 3.8) is 0 Å². The number of aromatic hydroxyl groups is 1. The first kappa shape index (κ1) is 15.7. The molecule has 0 saturated heterocycles. The lowest BCUT2D eigenvalue weighted by Crippen LogP contribution is -2.32. The van der Waals surface area contributed by atoms with E-state index < -0.39 is 11.8 Å². The van der Waals surface area contributed by atoms with Crippen molar-refractivity contribution in [2.24, 2.45) is 5.10 Å². The minimum absolute atomic E-state index is 0.00920. The summed E-state index contributed by atoms with van der Waals surface area (Å²) in [6, 6.07) is 13.4. The number of hydrazone groups is 1. The first-order valence-electron chi connectivity index (χ1n) is 6.24. The fourth-order valence-corrected chi connectivity index (χ4v) is 1.93. The van der Waals surface area contributed by atoms with Crippen LogP contribution in [0.1, 0.15) is 5.56 Å². The van der Waals surface area contributed by atoms with Gasteiger partial charge in [-0.3, -0.25) is 9.59 Å². The van der Waals surface area contributed by atoms with E-state index in [0.29, 0.717) is 11.3 Å². The van der Waals surface area contributed by atoms with E-state index in [0.717, 1.165) is 4.47 Å². The molecule has 0 bridgehead atoms. The number of phenolic OH excluding ortho intramolecular Hbond substituents is 1. The van der Waals surface area contributed by atoms with E-state index in [9.17, 15) is 14.7 Å². The van der Waals surface area contributed by atoms with Crippen molar-refractivity contribution >= 4 is 39.6 Å². The van der Waals surface area contributed by atoms with Gasteiger partial charge in [0.25, 0.3) is 0 Å². The van der Waals surface area contributed by atoms with Crippen LogP contribution >= 0.6 is 15.9 Å². The first-order chi connectivity index (χ1) is 10.6. The van der Waals surface area contributed by atoms with Gasteiger partial charge in [-0.1, -0.05) is 34.1 Å². The molecule has 2 aromatic carbocycles. The normalized spacial score (nSPS) is 10.4. The van der Waals surface area contributed by atoms with E-state index in [-0.39, 0.29) is 5.75 Å². The molecule has 0 radical (unpaired) electrons. The zero-order valence-corrected chi connectivity index (χ0v) is 12.9. The van der Waals surface area contributed by atoms with E-state index in [1.165, 1.54) is 12.3 Å². The lowest BCUT2D eigenvalue weighted by molar-refractivity contribution is -0.136. The number of phenols is 1. The number of para-hydroxylation sites is 1. The quantitative estimate of drug-likeness (QED) is 0.444. The molecule has 0 aliphatic carbocycles. The Balaban J connectivity index is 1.93. The number of nitrogens with zero attached hydrogens (tertiary/aromatic N) is 1. The lowest BCUT2D eigenvalue weighted by Gasteiger charge is -2.03. The summed E-state index contributed by atoms with van der Waals surface area (Å²) in [6.07, 6.45) is 1.24. The standard InChI is InChI=1S/C15H12BrN3O3/c16-11-6-7-13(20)10(8-11)9-17-19-15(22)14(21)18-12-4-2-1-3-5-12/h1-9,20H,(H,18,21)(H,19,22)/b17-9-. The van der Waals surface area contributed by atoms with Crippen molar-refractivity contribution in [2.75, 3.05) is 5.32 Å². The van der Waals surface area contributed by atoms with Crippen LogP contribution in [0.2, 0.25) is 0 Å². The topological polar surface area (TPSA) is 90.8 Å². The number of carbonyl (C=O) groups is 2. The first-order valence-corrected chi connectivity index (χ1v) is 7.03. The number of halogens is 1. The van der Waals surface area contributed by atoms with E-state index in [1.54, 1.807) is 42.5 Å². The van der Waals surface area contributed by atoms with Crippen LogP contribution in [0.15, 0.2) is 58.1 Å². The van der Waals surface area contributed by atoms with Gasteiger partial charge in [0.2, 0.25) is 0 Å². The average molecular weight is 362 g/mol. The second-order valence-corrected chi connectivity index (χ2v) is 5.14. The van der Waals surface area contributed by atoms with Gasteiger partial charge in [0, 0.05) is 15.7 Å². The Labute approximate surface area is 135 Å². The molecule has 112 valence electrons. The molecule has 0 aromatic heterocycles. The Morgan fingerprint density at radius 3 is 2.55 bits per heavy atom. The Bertz CT molecular complexity index is 717. The maximum atomic E-state index is 11.6. The van der Waals surface area contributed by atoms with Crippen LogP contribution in [-0.4, -0.2) is 23.1 Å². The van der Waals surface area contributed by atoms with Crippen LogP contribution in [0.3, 0.4) is 0 Å². The zero-order chi connectivity index (χ0) is 15.9. The third-order valence-corrected chi connectivity index (χ3v) is 3.09. The van der Waals surface area contributed by atoms with Crippen LogP contribution in [-0.2, 0) is 9.59 Å². The van der Waals surface area contributed by atoms with Crippen molar-refractivity contribution in [3.8, 4) is 5.75 Å². The van der Waals surface area contributed by atoms with Crippen molar-refractivity contribution in [3.05, 3.63) is 58.6 Å². The van der Waals surface area contributed by atoms with E-state index in [1.807, 2.05) is 0 Å². The van der Waals surface area contributed by atoms with Crippen molar-refractivity contribution in [1.82, 2.24) is 5.43 Å². The van der Waals surface area contributed by atoms with Gasteiger partial charge >= 0.3 is 11.8 Å². The molecule has 2 aromatic rings. The van der Waals surface area contributed by atoms with Gasteiger partial charge in [0.15, 0.2) is 0 Å². The van der Waals surface area contributed by atoms with Gasteiger partial charge in [-0.05, 0) is 30.3 Å². The van der Waals surface area contributed by atoms with E-state index in [4.69, 9.17) is 0 Å². The number of hydrogen-bond donors (Lipinski definition) is 3. The minimum atomic E-state index is -0.908. The third kappa shape index (κ3) is 4.42. The van der Waals surface area contributed by atoms with Crippen molar-refractivity contribution in [2.45, 2.75) is 0 Å². The summed E-state index contributed by atoms with van der Waals surface area (Å²) in [7, 11) is 0. The molecule has 6 nitrogen and oxygen atoms in total. The number of amides is 2. The summed E-state index contributed by atoms with van der Waals surface area (Å²) in [5.74, 6) is -1.73. The number of carbonyl (C=O) groups excluding carboxylic acids is 2. The predicted octanol–water partition coefficient (Wildman–Crippen LogP) is 2.24. The Morgan fingerprint density at radius 2 is 1.82 bits per heavy atom.